The van der Waals surface area contributed by atoms with E-state index in [2.05, 4.69) is 266 Å². The average Bonchev–Trinajstić information content (AvgIpc) is 3.36. The molecule has 0 saturated carbocycles. The quantitative estimate of drug-likeness (QED) is 0.134. The van der Waals surface area contributed by atoms with Crippen molar-refractivity contribution in [2.75, 3.05) is 4.90 Å². The Kier molecular flexibility index (Phi) is 10.4. The highest BCUT2D eigenvalue weighted by Crippen LogP contribution is 2.47. The molecule has 0 aliphatic rings. The van der Waals surface area contributed by atoms with Gasteiger partial charge in [0.05, 0.1) is 5.69 Å². The van der Waals surface area contributed by atoms with Gasteiger partial charge >= 0.3 is 0 Å². The zero-order valence-corrected chi connectivity index (χ0v) is 33.8. The smallest absolute Gasteiger partial charge is 0.0540 e. The first-order valence-electron chi connectivity index (χ1n) is 20.9. The predicted molar refractivity (Wildman–Crippen MR) is 259 cm³/mol. The lowest BCUT2D eigenvalue weighted by Crippen LogP contribution is -2.11. The van der Waals surface area contributed by atoms with Crippen LogP contribution in [0.15, 0.2) is 261 Å². The maximum absolute atomic E-state index is 2.41. The van der Waals surface area contributed by atoms with Crippen molar-refractivity contribution in [2.24, 2.45) is 0 Å². The van der Waals surface area contributed by atoms with Crippen LogP contribution in [-0.4, -0.2) is 0 Å². The molecule has 0 N–H and O–H groups in total. The van der Waals surface area contributed by atoms with Crippen LogP contribution >= 0.6 is 0 Å². The van der Waals surface area contributed by atoms with Crippen LogP contribution in [0.4, 0.5) is 17.1 Å². The first-order chi connectivity index (χ1) is 30.3. The molecule has 10 aromatic rings. The monoisotopic (exact) mass is 777 g/mol. The van der Waals surface area contributed by atoms with Crippen LogP contribution in [0.1, 0.15) is 0 Å². The van der Waals surface area contributed by atoms with E-state index in [0.717, 1.165) is 22.6 Å². The molecular formula is C60H43N. The highest BCUT2D eigenvalue weighted by molar-refractivity contribution is 5.98. The molecule has 0 radical (unpaired) electrons. The molecule has 0 bridgehead atoms. The second kappa shape index (κ2) is 17.1. The Morgan fingerprint density at radius 3 is 0.967 bits per heavy atom. The van der Waals surface area contributed by atoms with Gasteiger partial charge in [-0.2, -0.15) is 0 Å². The van der Waals surface area contributed by atoms with E-state index in [1.807, 2.05) is 0 Å². The third kappa shape index (κ3) is 7.81. The standard InChI is InChI=1S/C60H43N/c1-5-17-44(18-6-1)47-29-31-48(32-30-47)50-35-40-54(41-36-50)61(53-38-33-49(34-39-53)45-19-7-2-8-20-45)60-28-16-15-27-58(60)59-43-52(46-21-9-3-10-22-46)37-42-57(59)56-26-14-13-25-55(56)51-23-11-4-12-24-51/h1-43H. The molecule has 0 spiro atoms. The number of para-hydroxylation sites is 1. The highest BCUT2D eigenvalue weighted by atomic mass is 15.1. The van der Waals surface area contributed by atoms with Gasteiger partial charge in [0.15, 0.2) is 0 Å². The van der Waals surface area contributed by atoms with E-state index >= 15 is 0 Å². The van der Waals surface area contributed by atoms with Gasteiger partial charge in [-0.1, -0.05) is 224 Å². The Morgan fingerprint density at radius 1 is 0.180 bits per heavy atom. The molecule has 10 rings (SSSR count). The van der Waals surface area contributed by atoms with Gasteiger partial charge < -0.3 is 4.90 Å². The first-order valence-corrected chi connectivity index (χ1v) is 20.9. The van der Waals surface area contributed by atoms with Crippen LogP contribution in [0.5, 0.6) is 0 Å². The highest BCUT2D eigenvalue weighted by Gasteiger charge is 2.21. The van der Waals surface area contributed by atoms with Gasteiger partial charge in [0.1, 0.15) is 0 Å². The van der Waals surface area contributed by atoms with E-state index in [-0.39, 0.29) is 0 Å². The molecule has 0 unspecified atom stereocenters. The number of hydrogen-bond acceptors (Lipinski definition) is 1. The van der Waals surface area contributed by atoms with Crippen LogP contribution in [0, 0.1) is 0 Å². The summed E-state index contributed by atoms with van der Waals surface area (Å²) in [6, 6.07) is 94.1. The Balaban J connectivity index is 1.13. The molecule has 0 fully saturated rings. The van der Waals surface area contributed by atoms with Crippen molar-refractivity contribution in [3.63, 3.8) is 0 Å². The van der Waals surface area contributed by atoms with Crippen LogP contribution in [-0.2, 0) is 0 Å². The molecule has 1 heteroatoms. The maximum Gasteiger partial charge on any atom is 0.0540 e. The minimum absolute atomic E-state index is 1.08. The maximum atomic E-state index is 2.41. The third-order valence-corrected chi connectivity index (χ3v) is 11.5. The Hall–Kier alpha value is -8.00. The summed E-state index contributed by atoms with van der Waals surface area (Å²) in [4.78, 5) is 2.41. The molecule has 1 nitrogen and oxygen atoms in total. The van der Waals surface area contributed by atoms with Crippen molar-refractivity contribution in [2.45, 2.75) is 0 Å². The fourth-order valence-corrected chi connectivity index (χ4v) is 8.45. The molecule has 61 heavy (non-hydrogen) atoms. The normalized spacial score (nSPS) is 11.0. The molecule has 10 aromatic carbocycles. The lowest BCUT2D eigenvalue weighted by Gasteiger charge is -2.29. The number of rotatable bonds is 10. The molecular weight excluding hydrogens is 735 g/mol. The second-order valence-corrected chi connectivity index (χ2v) is 15.3. The van der Waals surface area contributed by atoms with Gasteiger partial charge in [-0.15, -0.1) is 0 Å². The molecule has 0 saturated heterocycles. The molecule has 0 atom stereocenters. The van der Waals surface area contributed by atoms with Gasteiger partial charge in [0.2, 0.25) is 0 Å². The van der Waals surface area contributed by atoms with Crippen LogP contribution in [0.3, 0.4) is 0 Å². The topological polar surface area (TPSA) is 3.24 Å². The van der Waals surface area contributed by atoms with Gasteiger partial charge in [-0.3, -0.25) is 0 Å². The summed E-state index contributed by atoms with van der Waals surface area (Å²) in [5, 5.41) is 0. The van der Waals surface area contributed by atoms with E-state index in [0.29, 0.717) is 0 Å². The van der Waals surface area contributed by atoms with Crippen LogP contribution < -0.4 is 4.90 Å². The summed E-state index contributed by atoms with van der Waals surface area (Å²) in [5.41, 5.74) is 19.9. The Labute approximate surface area is 359 Å². The minimum Gasteiger partial charge on any atom is -0.310 e. The molecule has 0 aromatic heterocycles. The fraction of sp³-hybridized carbons (Fsp3) is 0. The van der Waals surface area contributed by atoms with E-state index in [1.165, 1.54) is 72.3 Å². The van der Waals surface area contributed by atoms with Gasteiger partial charge in [0.25, 0.3) is 0 Å². The Morgan fingerprint density at radius 2 is 0.492 bits per heavy atom. The minimum atomic E-state index is 1.08. The summed E-state index contributed by atoms with van der Waals surface area (Å²) < 4.78 is 0. The zero-order chi connectivity index (χ0) is 40.8. The number of anilines is 3. The molecule has 288 valence electrons. The molecule has 0 aliphatic carbocycles. The van der Waals surface area contributed by atoms with Crippen LogP contribution in [0.2, 0.25) is 0 Å². The summed E-state index contributed by atoms with van der Waals surface area (Å²) in [6.45, 7) is 0. The summed E-state index contributed by atoms with van der Waals surface area (Å²) >= 11 is 0. The van der Waals surface area contributed by atoms with E-state index < -0.39 is 0 Å². The van der Waals surface area contributed by atoms with Crippen molar-refractivity contribution in [3.8, 4) is 77.9 Å². The summed E-state index contributed by atoms with van der Waals surface area (Å²) in [7, 11) is 0. The summed E-state index contributed by atoms with van der Waals surface area (Å²) in [6.07, 6.45) is 0. The predicted octanol–water partition coefficient (Wildman–Crippen LogP) is 16.8. The summed E-state index contributed by atoms with van der Waals surface area (Å²) in [5.74, 6) is 0. The average molecular weight is 778 g/mol. The Bertz CT molecular complexity index is 3010. The van der Waals surface area contributed by atoms with Crippen molar-refractivity contribution in [1.82, 2.24) is 0 Å². The van der Waals surface area contributed by atoms with Gasteiger partial charge in [-0.25, -0.2) is 0 Å². The molecule has 0 aliphatic heterocycles. The van der Waals surface area contributed by atoms with Crippen molar-refractivity contribution in [1.29, 1.82) is 0 Å². The van der Waals surface area contributed by atoms with Crippen molar-refractivity contribution < 1.29 is 0 Å². The van der Waals surface area contributed by atoms with Crippen molar-refractivity contribution >= 4 is 17.1 Å². The van der Waals surface area contributed by atoms with E-state index in [1.54, 1.807) is 0 Å². The fourth-order valence-electron chi connectivity index (χ4n) is 8.45. The van der Waals surface area contributed by atoms with E-state index in [4.69, 9.17) is 0 Å². The third-order valence-electron chi connectivity index (χ3n) is 11.5. The van der Waals surface area contributed by atoms with Crippen LogP contribution in [0.25, 0.3) is 77.9 Å². The van der Waals surface area contributed by atoms with E-state index in [9.17, 15) is 0 Å². The number of benzene rings is 10. The molecule has 0 amide bonds. The first kappa shape index (κ1) is 37.3. The second-order valence-electron chi connectivity index (χ2n) is 15.3. The van der Waals surface area contributed by atoms with Gasteiger partial charge in [-0.05, 0) is 109 Å². The lowest BCUT2D eigenvalue weighted by atomic mass is 9.86. The SMILES string of the molecule is c1ccc(-c2ccc(-c3ccc(N(c4ccc(-c5ccccc5)cc4)c4ccccc4-c4cc(-c5ccccc5)ccc4-c4ccccc4-c4ccccc4)cc3)cc2)cc1. The van der Waals surface area contributed by atoms with Gasteiger partial charge in [0, 0.05) is 16.9 Å². The lowest BCUT2D eigenvalue weighted by molar-refractivity contribution is 1.28. The largest absolute Gasteiger partial charge is 0.310 e. The molecule has 0 heterocycles. The van der Waals surface area contributed by atoms with Crippen molar-refractivity contribution in [3.05, 3.63) is 261 Å². The number of hydrogen-bond donors (Lipinski definition) is 0. The number of nitrogens with zero attached hydrogens (tertiary/aromatic N) is 1. The zero-order valence-electron chi connectivity index (χ0n) is 33.8.